The van der Waals surface area contributed by atoms with Crippen LogP contribution >= 0.6 is 0 Å². The monoisotopic (exact) mass is 1090 g/mol. The number of amides is 1. The molecule has 77 heavy (non-hydrogen) atoms. The molecule has 1 fully saturated rings. The number of carbonyl (C=O) groups is 2. The SMILES string of the molecule is CCCCC/C=C\C/C=C\CCCCCCCCCCCCCCC(O)C(=O)NC(COC1OC(CO)C(O)C(O)C1OC(=O)CCCCCCCC/C=C/C=C/CCCCC)C(O)/C=C/CCCCCCCCCCC. The molecule has 1 aliphatic heterocycles. The van der Waals surface area contributed by atoms with Crippen molar-refractivity contribution in [3.8, 4) is 0 Å². The number of allylic oxidation sites excluding steroid dienone is 9. The number of hydrogen-bond donors (Lipinski definition) is 6. The van der Waals surface area contributed by atoms with Crippen molar-refractivity contribution in [3.63, 3.8) is 0 Å². The average Bonchev–Trinajstić information content (AvgIpc) is 3.43. The van der Waals surface area contributed by atoms with E-state index < -0.39 is 67.4 Å². The maximum Gasteiger partial charge on any atom is 0.306 e. The van der Waals surface area contributed by atoms with Crippen LogP contribution in [0.3, 0.4) is 0 Å². The minimum atomic E-state index is -1.62. The van der Waals surface area contributed by atoms with E-state index in [2.05, 4.69) is 74.7 Å². The van der Waals surface area contributed by atoms with Crippen molar-refractivity contribution in [1.29, 1.82) is 0 Å². The first kappa shape index (κ1) is 72.4. The summed E-state index contributed by atoms with van der Waals surface area (Å²) in [5, 5.41) is 57.0. The highest BCUT2D eigenvalue weighted by Crippen LogP contribution is 2.26. The number of rotatable bonds is 54. The van der Waals surface area contributed by atoms with E-state index in [9.17, 15) is 35.1 Å². The number of aliphatic hydroxyl groups excluding tert-OH is 5. The quantitative estimate of drug-likeness (QED) is 0.0149. The van der Waals surface area contributed by atoms with Gasteiger partial charge in [0.25, 0.3) is 0 Å². The summed E-state index contributed by atoms with van der Waals surface area (Å²) in [7, 11) is 0. The summed E-state index contributed by atoms with van der Waals surface area (Å²) in [6.45, 7) is 5.73. The van der Waals surface area contributed by atoms with Crippen molar-refractivity contribution < 1.29 is 49.3 Å². The predicted molar refractivity (Wildman–Crippen MR) is 320 cm³/mol. The van der Waals surface area contributed by atoms with Crippen LogP contribution < -0.4 is 5.32 Å². The van der Waals surface area contributed by atoms with Gasteiger partial charge >= 0.3 is 5.97 Å². The number of carbonyl (C=O) groups excluding carboxylic acids is 2. The van der Waals surface area contributed by atoms with Gasteiger partial charge in [-0.15, -0.1) is 0 Å². The first-order valence-electron chi connectivity index (χ1n) is 32.1. The number of ether oxygens (including phenoxy) is 3. The van der Waals surface area contributed by atoms with Crippen LogP contribution in [-0.4, -0.2) is 99.6 Å². The van der Waals surface area contributed by atoms with E-state index in [1.165, 1.54) is 148 Å². The molecule has 0 spiro atoms. The zero-order valence-electron chi connectivity index (χ0n) is 49.6. The van der Waals surface area contributed by atoms with E-state index in [1.807, 2.05) is 6.08 Å². The van der Waals surface area contributed by atoms with E-state index in [0.717, 1.165) is 89.9 Å². The van der Waals surface area contributed by atoms with Gasteiger partial charge in [-0.05, 0) is 83.5 Å². The second-order valence-corrected chi connectivity index (χ2v) is 22.2. The Balaban J connectivity index is 2.62. The molecule has 448 valence electrons. The first-order valence-corrected chi connectivity index (χ1v) is 32.1. The molecule has 11 heteroatoms. The minimum absolute atomic E-state index is 0.110. The highest BCUT2D eigenvalue weighted by atomic mass is 16.7. The molecule has 6 N–H and O–H groups in total. The van der Waals surface area contributed by atoms with E-state index in [-0.39, 0.29) is 19.4 Å². The fourth-order valence-electron chi connectivity index (χ4n) is 9.79. The molecule has 0 aliphatic carbocycles. The Morgan fingerprint density at radius 1 is 0.519 bits per heavy atom. The first-order chi connectivity index (χ1) is 37.7. The average molecular weight is 1090 g/mol. The van der Waals surface area contributed by atoms with E-state index >= 15 is 0 Å². The lowest BCUT2D eigenvalue weighted by molar-refractivity contribution is -0.305. The van der Waals surface area contributed by atoms with Crippen molar-refractivity contribution in [2.45, 2.75) is 333 Å². The lowest BCUT2D eigenvalue weighted by Gasteiger charge is -2.41. The Bertz CT molecular complexity index is 1480. The van der Waals surface area contributed by atoms with Gasteiger partial charge in [0.1, 0.15) is 24.4 Å². The molecule has 1 saturated heterocycles. The molecule has 0 aromatic rings. The molecule has 0 radical (unpaired) electrons. The molecule has 1 heterocycles. The molecule has 1 aliphatic rings. The summed E-state index contributed by atoms with van der Waals surface area (Å²) >= 11 is 0. The second kappa shape index (κ2) is 54.0. The molecule has 0 saturated carbocycles. The molecule has 8 unspecified atom stereocenters. The third kappa shape index (κ3) is 42.0. The predicted octanol–water partition coefficient (Wildman–Crippen LogP) is 15.4. The summed E-state index contributed by atoms with van der Waals surface area (Å²) in [6, 6.07) is -1.03. The number of hydrogen-bond acceptors (Lipinski definition) is 10. The maximum atomic E-state index is 13.4. The maximum absolute atomic E-state index is 13.4. The molecule has 0 bridgehead atoms. The van der Waals surface area contributed by atoms with Crippen LogP contribution in [0.15, 0.2) is 60.8 Å². The fraction of sp³-hybridized carbons (Fsp3) is 0.818. The lowest BCUT2D eigenvalue weighted by atomic mass is 9.99. The van der Waals surface area contributed by atoms with Crippen LogP contribution in [0.1, 0.15) is 284 Å². The molecule has 11 nitrogen and oxygen atoms in total. The van der Waals surface area contributed by atoms with E-state index in [4.69, 9.17) is 14.2 Å². The Morgan fingerprint density at radius 2 is 0.935 bits per heavy atom. The van der Waals surface area contributed by atoms with Gasteiger partial charge < -0.3 is 45.1 Å². The number of esters is 1. The molecule has 0 aromatic carbocycles. The van der Waals surface area contributed by atoms with E-state index in [0.29, 0.717) is 12.8 Å². The molecule has 1 amide bonds. The van der Waals surface area contributed by atoms with Crippen LogP contribution in [0.4, 0.5) is 0 Å². The summed E-state index contributed by atoms with van der Waals surface area (Å²) in [6.07, 6.45) is 56.9. The molecule has 0 aromatic heterocycles. The summed E-state index contributed by atoms with van der Waals surface area (Å²) in [5.74, 6) is -1.20. The third-order valence-electron chi connectivity index (χ3n) is 14.9. The fourth-order valence-corrected chi connectivity index (χ4v) is 9.79. The minimum Gasteiger partial charge on any atom is -0.454 e. The normalized spacial score (nSPS) is 19.4. The van der Waals surface area contributed by atoms with Crippen molar-refractivity contribution in [1.82, 2.24) is 5.32 Å². The van der Waals surface area contributed by atoms with Gasteiger partial charge in [0.05, 0.1) is 25.4 Å². The smallest absolute Gasteiger partial charge is 0.306 e. The number of unbranched alkanes of at least 4 members (excludes halogenated alkanes) is 33. The van der Waals surface area contributed by atoms with Gasteiger partial charge in [-0.25, -0.2) is 0 Å². The summed E-state index contributed by atoms with van der Waals surface area (Å²) in [5.41, 5.74) is 0. The zero-order chi connectivity index (χ0) is 56.1. The van der Waals surface area contributed by atoms with Gasteiger partial charge in [-0.1, -0.05) is 255 Å². The van der Waals surface area contributed by atoms with Crippen LogP contribution in [0.2, 0.25) is 0 Å². The van der Waals surface area contributed by atoms with Crippen LogP contribution in [0, 0.1) is 0 Å². The highest BCUT2D eigenvalue weighted by Gasteiger charge is 2.47. The molecular formula is C66H119NO10. The zero-order valence-corrected chi connectivity index (χ0v) is 49.6. The van der Waals surface area contributed by atoms with Crippen molar-refractivity contribution in [2.75, 3.05) is 13.2 Å². The second-order valence-electron chi connectivity index (χ2n) is 22.2. The van der Waals surface area contributed by atoms with Gasteiger partial charge in [0.15, 0.2) is 12.4 Å². The Hall–Kier alpha value is -2.64. The molecular weight excluding hydrogens is 967 g/mol. The molecule has 8 atom stereocenters. The third-order valence-corrected chi connectivity index (χ3v) is 14.9. The Kier molecular flexibility index (Phi) is 50.7. The Labute approximate surface area is 471 Å². The number of nitrogens with one attached hydrogen (secondary N) is 1. The lowest BCUT2D eigenvalue weighted by Crippen LogP contribution is -2.61. The van der Waals surface area contributed by atoms with Crippen LogP contribution in [0.5, 0.6) is 0 Å². The standard InChI is InChI=1S/C66H119NO10/c1-4-7-10-13-16-19-22-24-26-27-28-29-30-31-32-34-35-38-41-44-47-50-53-59(70)65(74)67-57(58(69)52-49-46-43-40-37-21-18-15-12-9-6-3)56-75-66-64(63(73)62(72)60(55-68)76-66)77-61(71)54-51-48-45-42-39-36-33-25-23-20-17-14-11-8-5-2/h16-17,19-20,23-26,49,52,57-60,62-64,66,68-70,72-73H,4-15,18,21-22,27-48,50-51,53-56H2,1-3H3,(H,67,74)/b19-16-,20-17+,25-23+,26-24-,52-49+. The highest BCUT2D eigenvalue weighted by molar-refractivity contribution is 5.80. The largest absolute Gasteiger partial charge is 0.454 e. The van der Waals surface area contributed by atoms with Crippen molar-refractivity contribution in [2.24, 2.45) is 0 Å². The van der Waals surface area contributed by atoms with Crippen LogP contribution in [-0.2, 0) is 23.8 Å². The van der Waals surface area contributed by atoms with Gasteiger partial charge in [0.2, 0.25) is 5.91 Å². The molecule has 1 rings (SSSR count). The topological polar surface area (TPSA) is 175 Å². The van der Waals surface area contributed by atoms with Gasteiger partial charge in [0, 0.05) is 6.42 Å². The van der Waals surface area contributed by atoms with E-state index in [1.54, 1.807) is 6.08 Å². The van der Waals surface area contributed by atoms with Crippen LogP contribution in [0.25, 0.3) is 0 Å². The number of aliphatic hydroxyl groups is 5. The van der Waals surface area contributed by atoms with Crippen molar-refractivity contribution in [3.05, 3.63) is 60.8 Å². The Morgan fingerprint density at radius 3 is 1.43 bits per heavy atom. The summed E-state index contributed by atoms with van der Waals surface area (Å²) in [4.78, 5) is 26.5. The van der Waals surface area contributed by atoms with Crippen molar-refractivity contribution >= 4 is 11.9 Å². The van der Waals surface area contributed by atoms with Gasteiger partial charge in [-0.3, -0.25) is 9.59 Å². The van der Waals surface area contributed by atoms with Gasteiger partial charge in [-0.2, -0.15) is 0 Å². The summed E-state index contributed by atoms with van der Waals surface area (Å²) < 4.78 is 17.6.